The second kappa shape index (κ2) is 4.66. The lowest BCUT2D eigenvalue weighted by molar-refractivity contribution is 0.101. The molecule has 0 aromatic carbocycles. The van der Waals surface area contributed by atoms with Crippen molar-refractivity contribution >= 4 is 31.9 Å². The highest BCUT2D eigenvalue weighted by Crippen LogP contribution is 2.37. The molecule has 7 heteroatoms. The number of nitrogens with zero attached hydrogens (tertiary/aromatic N) is 2. The standard InChI is InChI=1S/C13H16N2O3S2/c1-8-4-3-5-10-12(8)19-13-14-9(6-15(10)13)11(16)7-20(2,17)18/h6,8H,3-5,7H2,1-2H3. The van der Waals surface area contributed by atoms with Gasteiger partial charge in [-0.3, -0.25) is 9.20 Å². The largest absolute Gasteiger partial charge is 0.294 e. The SMILES string of the molecule is CC1CCCc2c1sc1nc(C(=O)CS(C)(=O)=O)cn21. The van der Waals surface area contributed by atoms with Crippen LogP contribution < -0.4 is 0 Å². The molecule has 0 N–H and O–H groups in total. The van der Waals surface area contributed by atoms with E-state index in [0.717, 1.165) is 24.1 Å². The second-order valence-corrected chi connectivity index (χ2v) is 8.63. The average molecular weight is 312 g/mol. The summed E-state index contributed by atoms with van der Waals surface area (Å²) in [6.07, 6.45) is 6.08. The third-order valence-corrected chi connectivity index (χ3v) is 5.74. The number of hydrogen-bond donors (Lipinski definition) is 0. The van der Waals surface area contributed by atoms with Crippen molar-refractivity contribution in [2.45, 2.75) is 32.1 Å². The van der Waals surface area contributed by atoms with Crippen LogP contribution in [0.3, 0.4) is 0 Å². The first-order valence-corrected chi connectivity index (χ1v) is 9.44. The summed E-state index contributed by atoms with van der Waals surface area (Å²) in [5.74, 6) is -0.363. The molecule has 2 aromatic rings. The number of carbonyl (C=O) groups is 1. The molecule has 1 atom stereocenters. The normalized spacial score (nSPS) is 19.2. The van der Waals surface area contributed by atoms with Gasteiger partial charge in [0.25, 0.3) is 0 Å². The predicted molar refractivity (Wildman–Crippen MR) is 78.5 cm³/mol. The Balaban J connectivity index is 2.01. The van der Waals surface area contributed by atoms with Gasteiger partial charge in [0.2, 0.25) is 0 Å². The van der Waals surface area contributed by atoms with Crippen LogP contribution in [0.1, 0.15) is 46.7 Å². The molecular weight excluding hydrogens is 296 g/mol. The van der Waals surface area contributed by atoms with E-state index in [9.17, 15) is 13.2 Å². The topological polar surface area (TPSA) is 68.5 Å². The maximum absolute atomic E-state index is 11.9. The zero-order chi connectivity index (χ0) is 14.5. The molecule has 1 aliphatic carbocycles. The molecule has 5 nitrogen and oxygen atoms in total. The van der Waals surface area contributed by atoms with E-state index < -0.39 is 21.4 Å². The molecule has 0 amide bonds. The van der Waals surface area contributed by atoms with E-state index in [0.29, 0.717) is 5.92 Å². The number of hydrogen-bond acceptors (Lipinski definition) is 5. The Hall–Kier alpha value is -1.21. The fourth-order valence-electron chi connectivity index (χ4n) is 2.69. The van der Waals surface area contributed by atoms with Crippen LogP contribution in [0.4, 0.5) is 0 Å². The van der Waals surface area contributed by atoms with Crippen molar-refractivity contribution in [2.75, 3.05) is 12.0 Å². The smallest absolute Gasteiger partial charge is 0.197 e. The number of carbonyl (C=O) groups excluding carboxylic acids is 1. The van der Waals surface area contributed by atoms with Crippen LogP contribution in [0.2, 0.25) is 0 Å². The van der Waals surface area contributed by atoms with Crippen LogP contribution >= 0.6 is 11.3 Å². The van der Waals surface area contributed by atoms with Gasteiger partial charge in [-0.2, -0.15) is 0 Å². The van der Waals surface area contributed by atoms with E-state index in [-0.39, 0.29) is 5.69 Å². The van der Waals surface area contributed by atoms with E-state index in [1.165, 1.54) is 17.0 Å². The molecule has 2 heterocycles. The molecule has 0 radical (unpaired) electrons. The predicted octanol–water partition coefficient (Wildman–Crippen LogP) is 2.06. The number of Topliss-reactive ketones (excluding diaryl/α,β-unsaturated/α-hetero) is 1. The number of rotatable bonds is 3. The molecule has 0 saturated heterocycles. The number of imidazole rings is 1. The monoisotopic (exact) mass is 312 g/mol. The molecule has 108 valence electrons. The Kier molecular flexibility index (Phi) is 3.21. The van der Waals surface area contributed by atoms with E-state index in [1.54, 1.807) is 17.5 Å². The van der Waals surface area contributed by atoms with Crippen LogP contribution in [0.25, 0.3) is 4.96 Å². The number of ketones is 1. The highest BCUT2D eigenvalue weighted by atomic mass is 32.2. The molecule has 0 spiro atoms. The van der Waals surface area contributed by atoms with Gasteiger partial charge in [-0.25, -0.2) is 13.4 Å². The summed E-state index contributed by atoms with van der Waals surface area (Å²) in [6, 6.07) is 0. The highest BCUT2D eigenvalue weighted by Gasteiger charge is 2.24. The molecule has 0 saturated carbocycles. The summed E-state index contributed by atoms with van der Waals surface area (Å²) in [5.41, 5.74) is 1.48. The molecule has 20 heavy (non-hydrogen) atoms. The van der Waals surface area contributed by atoms with Crippen LogP contribution in [-0.2, 0) is 16.3 Å². The maximum atomic E-state index is 11.9. The van der Waals surface area contributed by atoms with E-state index >= 15 is 0 Å². The third kappa shape index (κ3) is 2.40. The number of aryl methyl sites for hydroxylation is 1. The molecule has 0 aliphatic heterocycles. The molecule has 0 fully saturated rings. The Labute approximate surface area is 121 Å². The van der Waals surface area contributed by atoms with Crippen molar-refractivity contribution in [3.05, 3.63) is 22.5 Å². The van der Waals surface area contributed by atoms with Gasteiger partial charge in [0, 0.05) is 23.0 Å². The van der Waals surface area contributed by atoms with Gasteiger partial charge in [0.1, 0.15) is 11.4 Å². The summed E-state index contributed by atoms with van der Waals surface area (Å²) in [5, 5.41) is 0. The Bertz CT molecular complexity index is 786. The summed E-state index contributed by atoms with van der Waals surface area (Å²) < 4.78 is 24.3. The van der Waals surface area contributed by atoms with Gasteiger partial charge in [0.15, 0.2) is 20.6 Å². The highest BCUT2D eigenvalue weighted by molar-refractivity contribution is 7.91. The Morgan fingerprint density at radius 1 is 1.55 bits per heavy atom. The maximum Gasteiger partial charge on any atom is 0.197 e. The van der Waals surface area contributed by atoms with Gasteiger partial charge < -0.3 is 0 Å². The van der Waals surface area contributed by atoms with Crippen LogP contribution in [0.5, 0.6) is 0 Å². The molecule has 1 aliphatic rings. The van der Waals surface area contributed by atoms with Gasteiger partial charge in [-0.1, -0.05) is 6.92 Å². The Morgan fingerprint density at radius 2 is 2.30 bits per heavy atom. The fourth-order valence-corrected chi connectivity index (χ4v) is 4.55. The van der Waals surface area contributed by atoms with Crippen LogP contribution in [0.15, 0.2) is 6.20 Å². The van der Waals surface area contributed by atoms with Crippen molar-refractivity contribution < 1.29 is 13.2 Å². The summed E-state index contributed by atoms with van der Waals surface area (Å²) in [4.78, 5) is 18.4. The third-order valence-electron chi connectivity index (χ3n) is 3.63. The summed E-state index contributed by atoms with van der Waals surface area (Å²) >= 11 is 1.61. The van der Waals surface area contributed by atoms with E-state index in [1.807, 2.05) is 4.40 Å². The summed E-state index contributed by atoms with van der Waals surface area (Å²) in [7, 11) is -3.31. The number of fused-ring (bicyclic) bond motifs is 3. The number of thiazole rings is 1. The van der Waals surface area contributed by atoms with Crippen molar-refractivity contribution in [3.63, 3.8) is 0 Å². The lowest BCUT2D eigenvalue weighted by Gasteiger charge is -2.17. The van der Waals surface area contributed by atoms with Gasteiger partial charge in [0.05, 0.1) is 0 Å². The van der Waals surface area contributed by atoms with Crippen molar-refractivity contribution in [1.82, 2.24) is 9.38 Å². The van der Waals surface area contributed by atoms with E-state index in [4.69, 9.17) is 0 Å². The van der Waals surface area contributed by atoms with Crippen molar-refractivity contribution in [2.24, 2.45) is 0 Å². The number of aromatic nitrogens is 2. The average Bonchev–Trinajstić information content (AvgIpc) is 2.85. The zero-order valence-electron chi connectivity index (χ0n) is 11.4. The first-order valence-electron chi connectivity index (χ1n) is 6.57. The van der Waals surface area contributed by atoms with Crippen molar-refractivity contribution in [1.29, 1.82) is 0 Å². The minimum Gasteiger partial charge on any atom is -0.294 e. The van der Waals surface area contributed by atoms with Crippen molar-refractivity contribution in [3.8, 4) is 0 Å². The molecule has 3 rings (SSSR count). The lowest BCUT2D eigenvalue weighted by atomic mass is 9.93. The lowest BCUT2D eigenvalue weighted by Crippen LogP contribution is -2.15. The quantitative estimate of drug-likeness (QED) is 0.814. The molecule has 0 bridgehead atoms. The van der Waals surface area contributed by atoms with Crippen LogP contribution in [0, 0.1) is 0 Å². The van der Waals surface area contributed by atoms with Crippen LogP contribution in [-0.4, -0.2) is 35.6 Å². The minimum absolute atomic E-state index is 0.253. The first-order chi connectivity index (χ1) is 9.35. The first kappa shape index (κ1) is 13.8. The number of sulfone groups is 1. The van der Waals surface area contributed by atoms with Gasteiger partial charge in [-0.05, 0) is 25.2 Å². The van der Waals surface area contributed by atoms with E-state index in [2.05, 4.69) is 11.9 Å². The molecule has 1 unspecified atom stereocenters. The summed E-state index contributed by atoms with van der Waals surface area (Å²) in [6.45, 7) is 2.21. The molecule has 2 aromatic heterocycles. The van der Waals surface area contributed by atoms with Gasteiger partial charge >= 0.3 is 0 Å². The Morgan fingerprint density at radius 3 is 3.00 bits per heavy atom. The fraction of sp³-hybridized carbons (Fsp3) is 0.538. The molecular formula is C13H16N2O3S2. The minimum atomic E-state index is -3.31. The van der Waals surface area contributed by atoms with Gasteiger partial charge in [-0.15, -0.1) is 11.3 Å². The second-order valence-electron chi connectivity index (χ2n) is 5.48. The zero-order valence-corrected chi connectivity index (χ0v) is 13.1.